The van der Waals surface area contributed by atoms with Crippen LogP contribution in [0.4, 0.5) is 0 Å². The van der Waals surface area contributed by atoms with Crippen LogP contribution in [0.5, 0.6) is 0 Å². The van der Waals surface area contributed by atoms with E-state index in [0.717, 1.165) is 18.8 Å². The summed E-state index contributed by atoms with van der Waals surface area (Å²) in [5.41, 5.74) is 4.11. The average Bonchev–Trinajstić information content (AvgIpc) is 3.11. The van der Waals surface area contributed by atoms with Crippen molar-refractivity contribution >= 4 is 11.3 Å². The van der Waals surface area contributed by atoms with Crippen molar-refractivity contribution in [2.75, 3.05) is 0 Å². The lowest BCUT2D eigenvalue weighted by Gasteiger charge is -2.00. The monoisotopic (exact) mass is 270 g/mol. The van der Waals surface area contributed by atoms with E-state index in [-0.39, 0.29) is 0 Å². The van der Waals surface area contributed by atoms with E-state index in [0.29, 0.717) is 0 Å². The maximum Gasteiger partial charge on any atom is 0.0794 e. The number of hydrogen-bond donors (Lipinski definition) is 1. The molecule has 0 atom stereocenters. The van der Waals surface area contributed by atoms with E-state index in [1.165, 1.54) is 10.4 Å². The number of para-hydroxylation sites is 1. The summed E-state index contributed by atoms with van der Waals surface area (Å²) in [7, 11) is 0. The van der Waals surface area contributed by atoms with Crippen molar-refractivity contribution in [1.82, 2.24) is 20.1 Å². The van der Waals surface area contributed by atoms with Crippen molar-refractivity contribution in [3.63, 3.8) is 0 Å². The Bertz CT molecular complexity index is 616. The summed E-state index contributed by atoms with van der Waals surface area (Å²) in [4.78, 5) is 5.30. The molecule has 0 bridgehead atoms. The van der Waals surface area contributed by atoms with Crippen LogP contribution in [-0.4, -0.2) is 14.8 Å². The minimum Gasteiger partial charge on any atom is -0.308 e. The minimum atomic E-state index is 0.810. The summed E-state index contributed by atoms with van der Waals surface area (Å²) in [5, 5.41) is 7.75. The number of benzene rings is 1. The molecule has 0 aliphatic heterocycles. The lowest BCUT2D eigenvalue weighted by molar-refractivity contribution is 0.700. The van der Waals surface area contributed by atoms with Crippen LogP contribution in [0.2, 0.25) is 0 Å². The lowest BCUT2D eigenvalue weighted by Crippen LogP contribution is -2.11. The summed E-state index contributed by atoms with van der Waals surface area (Å²) in [6.07, 6.45) is 5.84. The predicted octanol–water partition coefficient (Wildman–Crippen LogP) is 2.62. The molecule has 3 rings (SSSR count). The smallest absolute Gasteiger partial charge is 0.0794 e. The molecule has 1 aromatic carbocycles. The lowest BCUT2D eigenvalue weighted by atomic mass is 10.3. The van der Waals surface area contributed by atoms with E-state index in [1.54, 1.807) is 11.3 Å². The molecular formula is C14H14N4S. The summed E-state index contributed by atoms with van der Waals surface area (Å²) in [6, 6.07) is 10.1. The summed E-state index contributed by atoms with van der Waals surface area (Å²) in [6.45, 7) is 1.66. The molecule has 0 aliphatic carbocycles. The number of hydrogen-bond acceptors (Lipinski definition) is 4. The van der Waals surface area contributed by atoms with E-state index in [1.807, 2.05) is 52.9 Å². The summed E-state index contributed by atoms with van der Waals surface area (Å²) >= 11 is 1.67. The highest BCUT2D eigenvalue weighted by molar-refractivity contribution is 7.09. The van der Waals surface area contributed by atoms with Gasteiger partial charge >= 0.3 is 0 Å². The first-order valence-electron chi connectivity index (χ1n) is 6.09. The standard InChI is InChI=1S/C14H14N4S/c1-2-4-13(5-3-1)18-10-12(7-17-18)6-15-8-14-9-16-11-19-14/h1-5,7,9-11,15H,6,8H2. The van der Waals surface area contributed by atoms with Gasteiger partial charge in [-0.2, -0.15) is 5.10 Å². The van der Waals surface area contributed by atoms with Gasteiger partial charge in [-0.25, -0.2) is 4.68 Å². The summed E-state index contributed by atoms with van der Waals surface area (Å²) in [5.74, 6) is 0. The molecule has 0 aliphatic rings. The zero-order chi connectivity index (χ0) is 12.9. The number of nitrogens with zero attached hydrogens (tertiary/aromatic N) is 3. The Kier molecular flexibility index (Phi) is 3.67. The number of aromatic nitrogens is 3. The first kappa shape index (κ1) is 12.1. The van der Waals surface area contributed by atoms with Crippen molar-refractivity contribution in [3.8, 4) is 5.69 Å². The average molecular weight is 270 g/mol. The molecule has 0 saturated heterocycles. The van der Waals surface area contributed by atoms with Crippen LogP contribution in [0, 0.1) is 0 Å². The zero-order valence-corrected chi connectivity index (χ0v) is 11.2. The van der Waals surface area contributed by atoms with Crippen LogP contribution in [-0.2, 0) is 13.1 Å². The molecule has 2 aromatic heterocycles. The van der Waals surface area contributed by atoms with Gasteiger partial charge in [-0.3, -0.25) is 4.98 Å². The maximum absolute atomic E-state index is 4.37. The van der Waals surface area contributed by atoms with E-state index in [2.05, 4.69) is 21.6 Å². The molecule has 19 heavy (non-hydrogen) atoms. The zero-order valence-electron chi connectivity index (χ0n) is 10.4. The molecule has 4 nitrogen and oxygen atoms in total. The summed E-state index contributed by atoms with van der Waals surface area (Å²) < 4.78 is 1.89. The second kappa shape index (κ2) is 5.77. The SMILES string of the molecule is c1ccc(-n2cc(CNCc3cncs3)cn2)cc1. The molecule has 3 aromatic rings. The Morgan fingerprint density at radius 2 is 2.00 bits per heavy atom. The van der Waals surface area contributed by atoms with Crippen LogP contribution in [0.25, 0.3) is 5.69 Å². The van der Waals surface area contributed by atoms with Crippen molar-refractivity contribution in [2.24, 2.45) is 0 Å². The molecule has 0 spiro atoms. The van der Waals surface area contributed by atoms with Crippen LogP contribution in [0.1, 0.15) is 10.4 Å². The van der Waals surface area contributed by atoms with Gasteiger partial charge in [0.05, 0.1) is 17.4 Å². The number of rotatable bonds is 5. The number of thiazole rings is 1. The third-order valence-corrected chi connectivity index (χ3v) is 3.55. The van der Waals surface area contributed by atoms with Crippen LogP contribution < -0.4 is 5.32 Å². The third-order valence-electron chi connectivity index (χ3n) is 2.77. The molecule has 1 N–H and O–H groups in total. The van der Waals surface area contributed by atoms with Gasteiger partial charge in [-0.15, -0.1) is 11.3 Å². The van der Waals surface area contributed by atoms with Crippen LogP contribution in [0.15, 0.2) is 54.4 Å². The highest BCUT2D eigenvalue weighted by Gasteiger charge is 2.00. The van der Waals surface area contributed by atoms with Crippen molar-refractivity contribution in [3.05, 3.63) is 64.9 Å². The second-order valence-corrected chi connectivity index (χ2v) is 5.17. The van der Waals surface area contributed by atoms with E-state index in [9.17, 15) is 0 Å². The van der Waals surface area contributed by atoms with Gasteiger partial charge in [-0.05, 0) is 12.1 Å². The molecule has 96 valence electrons. The molecule has 0 fully saturated rings. The molecule has 0 saturated carbocycles. The first-order valence-corrected chi connectivity index (χ1v) is 6.97. The fraction of sp³-hybridized carbons (Fsp3) is 0.143. The predicted molar refractivity (Wildman–Crippen MR) is 76.2 cm³/mol. The van der Waals surface area contributed by atoms with Crippen LogP contribution >= 0.6 is 11.3 Å². The molecular weight excluding hydrogens is 256 g/mol. The van der Waals surface area contributed by atoms with Crippen molar-refractivity contribution < 1.29 is 0 Å². The Balaban J connectivity index is 1.59. The largest absolute Gasteiger partial charge is 0.308 e. The van der Waals surface area contributed by atoms with Gasteiger partial charge in [0.25, 0.3) is 0 Å². The van der Waals surface area contributed by atoms with E-state index in [4.69, 9.17) is 0 Å². The molecule has 0 amide bonds. The molecule has 0 radical (unpaired) electrons. The molecule has 2 heterocycles. The molecule has 5 heteroatoms. The van der Waals surface area contributed by atoms with Gasteiger partial charge in [0.15, 0.2) is 0 Å². The topological polar surface area (TPSA) is 42.7 Å². The second-order valence-electron chi connectivity index (χ2n) is 4.20. The van der Waals surface area contributed by atoms with Gasteiger partial charge < -0.3 is 5.32 Å². The van der Waals surface area contributed by atoms with Crippen molar-refractivity contribution in [2.45, 2.75) is 13.1 Å². The Hall–Kier alpha value is -1.98. The fourth-order valence-electron chi connectivity index (χ4n) is 1.83. The number of nitrogens with one attached hydrogen (secondary N) is 1. The quantitative estimate of drug-likeness (QED) is 0.775. The van der Waals surface area contributed by atoms with Crippen LogP contribution in [0.3, 0.4) is 0 Å². The van der Waals surface area contributed by atoms with Gasteiger partial charge in [0.1, 0.15) is 0 Å². The first-order chi connectivity index (χ1) is 9.42. The van der Waals surface area contributed by atoms with Gasteiger partial charge in [-0.1, -0.05) is 18.2 Å². The Morgan fingerprint density at radius 3 is 2.79 bits per heavy atom. The Labute approximate surface area is 115 Å². The van der Waals surface area contributed by atoms with Gasteiger partial charge in [0, 0.05) is 35.9 Å². The molecule has 0 unspecified atom stereocenters. The van der Waals surface area contributed by atoms with E-state index >= 15 is 0 Å². The Morgan fingerprint density at radius 1 is 1.11 bits per heavy atom. The normalized spacial score (nSPS) is 10.7. The van der Waals surface area contributed by atoms with E-state index < -0.39 is 0 Å². The van der Waals surface area contributed by atoms with Crippen molar-refractivity contribution in [1.29, 1.82) is 0 Å². The fourth-order valence-corrected chi connectivity index (χ4v) is 2.40. The minimum absolute atomic E-state index is 0.810. The van der Waals surface area contributed by atoms with Gasteiger partial charge in [0.2, 0.25) is 0 Å². The highest BCUT2D eigenvalue weighted by atomic mass is 32.1. The maximum atomic E-state index is 4.37. The third kappa shape index (κ3) is 3.07. The highest BCUT2D eigenvalue weighted by Crippen LogP contribution is 2.08.